The number of likely N-dealkylation sites (N-methyl/N-ethyl adjacent to an activating group) is 1. The van der Waals surface area contributed by atoms with Crippen molar-refractivity contribution in [1.82, 2.24) is 5.32 Å². The van der Waals surface area contributed by atoms with Gasteiger partial charge in [-0.3, -0.25) is 4.79 Å². The molecule has 4 nitrogen and oxygen atoms in total. The molecule has 30 heavy (non-hydrogen) atoms. The quantitative estimate of drug-likeness (QED) is 0.127. The van der Waals surface area contributed by atoms with E-state index in [1.165, 1.54) is 109 Å². The number of rotatable bonds is 22. The highest BCUT2D eigenvalue weighted by atomic mass is 16.3. The SMILES string of the molecule is C=CC(=O)NCC(O)C[N+](C)(C)CCCCCCCCCCCCCCCCCC. The van der Waals surface area contributed by atoms with E-state index >= 15 is 0 Å². The van der Waals surface area contributed by atoms with Crippen molar-refractivity contribution in [2.45, 2.75) is 116 Å². The van der Waals surface area contributed by atoms with Crippen molar-refractivity contribution in [3.63, 3.8) is 0 Å². The molecular formula is C26H53N2O2+. The van der Waals surface area contributed by atoms with Gasteiger partial charge in [0.05, 0.1) is 20.6 Å². The van der Waals surface area contributed by atoms with E-state index in [0.29, 0.717) is 13.1 Å². The van der Waals surface area contributed by atoms with Crippen LogP contribution in [0, 0.1) is 0 Å². The largest absolute Gasteiger partial charge is 0.385 e. The predicted octanol–water partition coefficient (Wildman–Crippen LogP) is 5.99. The zero-order chi connectivity index (χ0) is 22.5. The van der Waals surface area contributed by atoms with Gasteiger partial charge in [0.25, 0.3) is 0 Å². The highest BCUT2D eigenvalue weighted by Gasteiger charge is 2.20. The van der Waals surface area contributed by atoms with Crippen LogP contribution in [-0.2, 0) is 4.79 Å². The normalized spacial score (nSPS) is 12.7. The Morgan fingerprint density at radius 2 is 1.23 bits per heavy atom. The Bertz CT molecular complexity index is 410. The van der Waals surface area contributed by atoms with E-state index in [1.54, 1.807) is 0 Å². The van der Waals surface area contributed by atoms with Gasteiger partial charge in [0, 0.05) is 6.54 Å². The average molecular weight is 426 g/mol. The Hall–Kier alpha value is -0.870. The van der Waals surface area contributed by atoms with Crippen molar-refractivity contribution >= 4 is 5.91 Å². The number of quaternary nitrogens is 1. The van der Waals surface area contributed by atoms with Crippen LogP contribution in [0.5, 0.6) is 0 Å². The molecule has 0 aromatic heterocycles. The fourth-order valence-corrected chi connectivity index (χ4v) is 4.10. The smallest absolute Gasteiger partial charge is 0.243 e. The fraction of sp³-hybridized carbons (Fsp3) is 0.885. The Balaban J connectivity index is 3.41. The van der Waals surface area contributed by atoms with Gasteiger partial charge in [-0.15, -0.1) is 0 Å². The molecule has 1 unspecified atom stereocenters. The van der Waals surface area contributed by atoms with E-state index in [2.05, 4.69) is 32.9 Å². The van der Waals surface area contributed by atoms with Crippen molar-refractivity contribution in [3.05, 3.63) is 12.7 Å². The third kappa shape index (κ3) is 20.4. The second-order valence-corrected chi connectivity index (χ2v) is 9.75. The summed E-state index contributed by atoms with van der Waals surface area (Å²) in [5.74, 6) is -0.225. The minimum Gasteiger partial charge on any atom is -0.385 e. The van der Waals surface area contributed by atoms with Gasteiger partial charge in [-0.2, -0.15) is 0 Å². The Labute approximate surface area is 188 Å². The number of nitrogens with one attached hydrogen (secondary N) is 1. The summed E-state index contributed by atoms with van der Waals surface area (Å²) in [5.41, 5.74) is 0. The van der Waals surface area contributed by atoms with Crippen LogP contribution in [0.15, 0.2) is 12.7 Å². The molecule has 4 heteroatoms. The average Bonchev–Trinajstić information content (AvgIpc) is 2.71. The Morgan fingerprint density at radius 1 is 0.833 bits per heavy atom. The minimum absolute atomic E-state index is 0.225. The summed E-state index contributed by atoms with van der Waals surface area (Å²) in [6.45, 7) is 7.74. The molecule has 0 radical (unpaired) electrons. The number of unbranched alkanes of at least 4 members (excludes halogenated alkanes) is 15. The summed E-state index contributed by atoms with van der Waals surface area (Å²) >= 11 is 0. The zero-order valence-electron chi connectivity index (χ0n) is 20.6. The molecule has 0 aromatic rings. The van der Waals surface area contributed by atoms with E-state index in [4.69, 9.17) is 0 Å². The molecule has 1 atom stereocenters. The van der Waals surface area contributed by atoms with Gasteiger partial charge >= 0.3 is 0 Å². The number of hydrogen-bond donors (Lipinski definition) is 2. The molecule has 1 amide bonds. The molecule has 0 bridgehead atoms. The topological polar surface area (TPSA) is 49.3 Å². The summed E-state index contributed by atoms with van der Waals surface area (Å²) in [5, 5.41) is 12.8. The van der Waals surface area contributed by atoms with Crippen molar-refractivity contribution in [2.24, 2.45) is 0 Å². The number of amides is 1. The molecule has 0 aliphatic heterocycles. The van der Waals surface area contributed by atoms with Crippen molar-refractivity contribution in [2.75, 3.05) is 33.7 Å². The van der Waals surface area contributed by atoms with Crippen LogP contribution in [0.3, 0.4) is 0 Å². The number of carbonyl (C=O) groups is 1. The van der Waals surface area contributed by atoms with Gasteiger partial charge in [-0.1, -0.05) is 103 Å². The summed E-state index contributed by atoms with van der Waals surface area (Å²) in [7, 11) is 4.31. The molecule has 0 saturated heterocycles. The van der Waals surface area contributed by atoms with Crippen LogP contribution in [0.4, 0.5) is 0 Å². The third-order valence-electron chi connectivity index (χ3n) is 6.02. The highest BCUT2D eigenvalue weighted by Crippen LogP contribution is 2.14. The van der Waals surface area contributed by atoms with E-state index in [9.17, 15) is 9.90 Å². The monoisotopic (exact) mass is 425 g/mol. The standard InChI is InChI=1S/C26H52N2O2/c1-5-7-8-9-10-11-12-13-14-15-16-17-18-19-20-21-22-28(3,4)24-25(29)23-27-26(30)6-2/h6,25,29H,2,5,7-24H2,1,3-4H3/p+1. The van der Waals surface area contributed by atoms with Crippen LogP contribution < -0.4 is 5.32 Å². The van der Waals surface area contributed by atoms with Gasteiger partial charge < -0.3 is 14.9 Å². The van der Waals surface area contributed by atoms with Crippen molar-refractivity contribution < 1.29 is 14.4 Å². The summed E-state index contributed by atoms with van der Waals surface area (Å²) in [6.07, 6.45) is 22.9. The first-order chi connectivity index (χ1) is 14.4. The number of hydrogen-bond acceptors (Lipinski definition) is 2. The van der Waals surface area contributed by atoms with Gasteiger partial charge in [0.15, 0.2) is 0 Å². The Kier molecular flexibility index (Phi) is 19.5. The van der Waals surface area contributed by atoms with Crippen molar-refractivity contribution in [1.29, 1.82) is 0 Å². The number of aliphatic hydroxyl groups excluding tert-OH is 1. The summed E-state index contributed by atoms with van der Waals surface area (Å²) < 4.78 is 0.795. The summed E-state index contributed by atoms with van der Waals surface area (Å²) in [4.78, 5) is 11.2. The molecule has 0 aromatic carbocycles. The van der Waals surface area contributed by atoms with Gasteiger partial charge in [0.2, 0.25) is 5.91 Å². The second kappa shape index (κ2) is 20.1. The van der Waals surface area contributed by atoms with E-state index < -0.39 is 6.10 Å². The lowest BCUT2D eigenvalue weighted by atomic mass is 10.0. The molecule has 2 N–H and O–H groups in total. The van der Waals surface area contributed by atoms with E-state index in [-0.39, 0.29) is 5.91 Å². The number of nitrogens with zero attached hydrogens (tertiary/aromatic N) is 1. The lowest BCUT2D eigenvalue weighted by Gasteiger charge is -2.32. The molecule has 0 fully saturated rings. The first-order valence-electron chi connectivity index (χ1n) is 12.8. The minimum atomic E-state index is -0.509. The molecule has 0 heterocycles. The predicted molar refractivity (Wildman–Crippen MR) is 131 cm³/mol. The molecule has 0 aliphatic rings. The van der Waals surface area contributed by atoms with Gasteiger partial charge in [0.1, 0.15) is 12.6 Å². The van der Waals surface area contributed by atoms with Gasteiger partial charge in [-0.25, -0.2) is 0 Å². The maximum atomic E-state index is 11.2. The number of aliphatic hydroxyl groups is 1. The van der Waals surface area contributed by atoms with Crippen LogP contribution in [0.1, 0.15) is 110 Å². The van der Waals surface area contributed by atoms with Crippen molar-refractivity contribution in [3.8, 4) is 0 Å². The van der Waals surface area contributed by atoms with Crippen LogP contribution in [-0.4, -0.2) is 55.3 Å². The first-order valence-corrected chi connectivity index (χ1v) is 12.8. The fourth-order valence-electron chi connectivity index (χ4n) is 4.10. The second-order valence-electron chi connectivity index (χ2n) is 9.75. The third-order valence-corrected chi connectivity index (χ3v) is 6.02. The maximum Gasteiger partial charge on any atom is 0.243 e. The van der Waals surface area contributed by atoms with Crippen LogP contribution in [0.2, 0.25) is 0 Å². The molecule has 0 spiro atoms. The van der Waals surface area contributed by atoms with Crippen LogP contribution in [0.25, 0.3) is 0 Å². The molecule has 0 rings (SSSR count). The lowest BCUT2D eigenvalue weighted by Crippen LogP contribution is -2.48. The summed E-state index contributed by atoms with van der Waals surface area (Å²) in [6, 6.07) is 0. The first kappa shape index (κ1) is 29.1. The highest BCUT2D eigenvalue weighted by molar-refractivity contribution is 5.86. The van der Waals surface area contributed by atoms with Gasteiger partial charge in [-0.05, 0) is 18.9 Å². The van der Waals surface area contributed by atoms with E-state index in [1.807, 2.05) is 0 Å². The van der Waals surface area contributed by atoms with E-state index in [0.717, 1.165) is 11.0 Å². The Morgan fingerprint density at radius 3 is 1.63 bits per heavy atom. The maximum absolute atomic E-state index is 11.2. The molecular weight excluding hydrogens is 372 g/mol. The zero-order valence-corrected chi connectivity index (χ0v) is 20.6. The van der Waals surface area contributed by atoms with Crippen LogP contribution >= 0.6 is 0 Å². The molecule has 0 aliphatic carbocycles. The molecule has 0 saturated carbocycles. The lowest BCUT2D eigenvalue weighted by molar-refractivity contribution is -0.893. The molecule has 178 valence electrons. The number of carbonyl (C=O) groups excluding carboxylic acids is 1.